The average molecular weight is 302 g/mol. The third kappa shape index (κ3) is 7.11. The lowest BCUT2D eigenvalue weighted by atomic mass is 10.1. The minimum Gasteiger partial charge on any atom is -0.504 e. The molecule has 22 heavy (non-hydrogen) atoms. The highest BCUT2D eigenvalue weighted by Crippen LogP contribution is 2.27. The second kappa shape index (κ2) is 10.7. The van der Waals surface area contributed by atoms with Gasteiger partial charge >= 0.3 is 0 Å². The molecule has 3 heteroatoms. The van der Waals surface area contributed by atoms with Crippen LogP contribution in [-0.4, -0.2) is 17.5 Å². The van der Waals surface area contributed by atoms with Gasteiger partial charge in [0.1, 0.15) is 0 Å². The van der Waals surface area contributed by atoms with Gasteiger partial charge in [-0.15, -0.1) is 0 Å². The summed E-state index contributed by atoms with van der Waals surface area (Å²) >= 11 is 0. The molecule has 0 aliphatic rings. The molecule has 120 valence electrons. The van der Waals surface area contributed by atoms with E-state index in [9.17, 15) is 9.90 Å². The Hall–Kier alpha value is -2.03. The van der Waals surface area contributed by atoms with Crippen molar-refractivity contribution in [2.75, 3.05) is 6.61 Å². The second-order valence-corrected chi connectivity index (χ2v) is 5.22. The van der Waals surface area contributed by atoms with Gasteiger partial charge in [-0.05, 0) is 36.6 Å². The van der Waals surface area contributed by atoms with Gasteiger partial charge in [0.25, 0.3) is 0 Å². The molecule has 0 amide bonds. The van der Waals surface area contributed by atoms with Crippen molar-refractivity contribution in [1.29, 1.82) is 0 Å². The molecule has 0 fully saturated rings. The molecule has 0 atom stereocenters. The Labute approximate surface area is 133 Å². The van der Waals surface area contributed by atoms with E-state index in [1.807, 2.05) is 18.2 Å². The maximum atomic E-state index is 11.5. The summed E-state index contributed by atoms with van der Waals surface area (Å²) < 4.78 is 5.55. The minimum atomic E-state index is 0.151. The standard InChI is InChI=1S/C19H26O3/c1-3-5-10-17(20)11-8-7-9-16-12-13-18(21)19(15-16)22-14-6-4-2/h7-9,11-13,15,21H,3-6,10,14H2,1-2H3. The van der Waals surface area contributed by atoms with E-state index in [1.165, 1.54) is 0 Å². The summed E-state index contributed by atoms with van der Waals surface area (Å²) in [6.45, 7) is 4.77. The zero-order valence-electron chi connectivity index (χ0n) is 13.5. The maximum absolute atomic E-state index is 11.5. The molecule has 0 radical (unpaired) electrons. The molecule has 0 aliphatic heterocycles. The van der Waals surface area contributed by atoms with Crippen LogP contribution >= 0.6 is 0 Å². The first-order valence-electron chi connectivity index (χ1n) is 8.00. The number of rotatable bonds is 10. The van der Waals surface area contributed by atoms with E-state index in [2.05, 4.69) is 13.8 Å². The van der Waals surface area contributed by atoms with Crippen LogP contribution in [0.25, 0.3) is 6.08 Å². The Morgan fingerprint density at radius 3 is 2.68 bits per heavy atom. The monoisotopic (exact) mass is 302 g/mol. The molecule has 0 bridgehead atoms. The van der Waals surface area contributed by atoms with Crippen molar-refractivity contribution in [3.8, 4) is 11.5 Å². The van der Waals surface area contributed by atoms with Crippen LogP contribution in [0.4, 0.5) is 0 Å². The lowest BCUT2D eigenvalue weighted by Crippen LogP contribution is -1.96. The van der Waals surface area contributed by atoms with Gasteiger partial charge in [0.2, 0.25) is 0 Å². The van der Waals surface area contributed by atoms with Crippen molar-refractivity contribution in [3.63, 3.8) is 0 Å². The van der Waals surface area contributed by atoms with E-state index >= 15 is 0 Å². The first-order chi connectivity index (χ1) is 10.7. The van der Waals surface area contributed by atoms with Gasteiger partial charge in [-0.2, -0.15) is 0 Å². The first-order valence-corrected chi connectivity index (χ1v) is 8.00. The summed E-state index contributed by atoms with van der Waals surface area (Å²) in [6, 6.07) is 5.23. The fourth-order valence-electron chi connectivity index (χ4n) is 1.84. The predicted octanol–water partition coefficient (Wildman–Crippen LogP) is 4.90. The van der Waals surface area contributed by atoms with E-state index in [-0.39, 0.29) is 11.5 Å². The number of ketones is 1. The Morgan fingerprint density at radius 1 is 1.18 bits per heavy atom. The smallest absolute Gasteiger partial charge is 0.161 e. The van der Waals surface area contributed by atoms with E-state index in [0.29, 0.717) is 18.8 Å². The number of carbonyl (C=O) groups is 1. The Morgan fingerprint density at radius 2 is 1.95 bits per heavy atom. The van der Waals surface area contributed by atoms with Gasteiger partial charge in [0, 0.05) is 6.42 Å². The van der Waals surface area contributed by atoms with Crippen LogP contribution in [0.2, 0.25) is 0 Å². The van der Waals surface area contributed by atoms with Crippen molar-refractivity contribution < 1.29 is 14.6 Å². The maximum Gasteiger partial charge on any atom is 0.161 e. The molecular formula is C19H26O3. The number of ether oxygens (including phenoxy) is 1. The Balaban J connectivity index is 2.57. The molecule has 0 saturated carbocycles. The van der Waals surface area contributed by atoms with Crippen LogP contribution in [0.15, 0.2) is 36.4 Å². The fraction of sp³-hybridized carbons (Fsp3) is 0.421. The molecule has 0 aromatic heterocycles. The molecular weight excluding hydrogens is 276 g/mol. The number of unbranched alkanes of at least 4 members (excludes halogenated alkanes) is 2. The van der Waals surface area contributed by atoms with Crippen LogP contribution in [0.3, 0.4) is 0 Å². The molecule has 0 heterocycles. The van der Waals surface area contributed by atoms with E-state index in [0.717, 1.165) is 31.2 Å². The van der Waals surface area contributed by atoms with Crippen molar-refractivity contribution in [2.45, 2.75) is 46.0 Å². The van der Waals surface area contributed by atoms with Gasteiger partial charge < -0.3 is 9.84 Å². The van der Waals surface area contributed by atoms with E-state index < -0.39 is 0 Å². The molecule has 1 aromatic carbocycles. The normalized spacial score (nSPS) is 11.4. The summed E-state index contributed by atoms with van der Waals surface area (Å²) in [7, 11) is 0. The van der Waals surface area contributed by atoms with Crippen LogP contribution < -0.4 is 4.74 Å². The SMILES string of the molecule is CCCCOc1cc(C=CC=CC(=O)CCCC)ccc1O. The van der Waals surface area contributed by atoms with Gasteiger partial charge in [-0.1, -0.05) is 51.0 Å². The largest absolute Gasteiger partial charge is 0.504 e. The summed E-state index contributed by atoms with van der Waals surface area (Å²) in [4.78, 5) is 11.5. The zero-order valence-corrected chi connectivity index (χ0v) is 13.5. The Kier molecular flexibility index (Phi) is 8.73. The quantitative estimate of drug-likeness (QED) is 0.380. The van der Waals surface area contributed by atoms with Crippen molar-refractivity contribution in [3.05, 3.63) is 42.0 Å². The minimum absolute atomic E-state index is 0.151. The number of allylic oxidation sites excluding steroid dienone is 3. The van der Waals surface area contributed by atoms with Crippen molar-refractivity contribution in [2.24, 2.45) is 0 Å². The molecule has 0 aliphatic carbocycles. The van der Waals surface area contributed by atoms with Gasteiger partial charge in [-0.3, -0.25) is 4.79 Å². The fourth-order valence-corrected chi connectivity index (χ4v) is 1.84. The number of hydrogen-bond donors (Lipinski definition) is 1. The topological polar surface area (TPSA) is 46.5 Å². The van der Waals surface area contributed by atoms with Crippen molar-refractivity contribution >= 4 is 11.9 Å². The third-order valence-corrected chi connectivity index (χ3v) is 3.20. The van der Waals surface area contributed by atoms with Crippen LogP contribution in [0.1, 0.15) is 51.5 Å². The zero-order chi connectivity index (χ0) is 16.2. The molecule has 0 spiro atoms. The van der Waals surface area contributed by atoms with Crippen LogP contribution in [0.5, 0.6) is 11.5 Å². The van der Waals surface area contributed by atoms with Gasteiger partial charge in [-0.25, -0.2) is 0 Å². The molecule has 1 aromatic rings. The number of carbonyl (C=O) groups excluding carboxylic acids is 1. The third-order valence-electron chi connectivity index (χ3n) is 3.20. The first kappa shape index (κ1) is 18.0. The van der Waals surface area contributed by atoms with Crippen molar-refractivity contribution in [1.82, 2.24) is 0 Å². The second-order valence-electron chi connectivity index (χ2n) is 5.22. The number of hydrogen-bond acceptors (Lipinski definition) is 3. The van der Waals surface area contributed by atoms with Gasteiger partial charge in [0.05, 0.1) is 6.61 Å². The average Bonchev–Trinajstić information content (AvgIpc) is 2.52. The molecule has 1 N–H and O–H groups in total. The number of aromatic hydroxyl groups is 1. The number of phenolic OH excluding ortho intramolecular Hbond substituents is 1. The predicted molar refractivity (Wildman–Crippen MR) is 91.2 cm³/mol. The highest BCUT2D eigenvalue weighted by molar-refractivity contribution is 5.89. The lowest BCUT2D eigenvalue weighted by Gasteiger charge is -2.08. The van der Waals surface area contributed by atoms with Crippen LogP contribution in [-0.2, 0) is 4.79 Å². The summed E-state index contributed by atoms with van der Waals surface area (Å²) in [5.74, 6) is 0.804. The Bertz CT molecular complexity index is 515. The molecule has 0 unspecified atom stereocenters. The molecule has 0 saturated heterocycles. The number of phenols is 1. The lowest BCUT2D eigenvalue weighted by molar-refractivity contribution is -0.114. The molecule has 3 nitrogen and oxygen atoms in total. The molecule has 1 rings (SSSR count). The highest BCUT2D eigenvalue weighted by Gasteiger charge is 2.02. The summed E-state index contributed by atoms with van der Waals surface area (Å²) in [5.41, 5.74) is 0.926. The van der Waals surface area contributed by atoms with Gasteiger partial charge in [0.15, 0.2) is 17.3 Å². The number of benzene rings is 1. The highest BCUT2D eigenvalue weighted by atomic mass is 16.5. The van der Waals surface area contributed by atoms with E-state index in [1.54, 1.807) is 24.3 Å². The van der Waals surface area contributed by atoms with E-state index in [4.69, 9.17) is 4.74 Å². The summed E-state index contributed by atoms with van der Waals surface area (Å²) in [5, 5.41) is 9.75. The summed E-state index contributed by atoms with van der Waals surface area (Å²) in [6.07, 6.45) is 11.7. The van der Waals surface area contributed by atoms with Crippen LogP contribution in [0, 0.1) is 0 Å².